The molecule has 4 nitrogen and oxygen atoms in total. The van der Waals surface area contributed by atoms with Gasteiger partial charge in [-0.1, -0.05) is 45.0 Å². The largest absolute Gasteiger partial charge is 0.458 e. The lowest BCUT2D eigenvalue weighted by atomic mass is 9.80. The minimum absolute atomic E-state index is 0.0204. The van der Waals surface area contributed by atoms with Crippen LogP contribution < -0.4 is 0 Å². The van der Waals surface area contributed by atoms with Gasteiger partial charge in [0.05, 0.1) is 0 Å². The minimum Gasteiger partial charge on any atom is -0.458 e. The zero-order chi connectivity index (χ0) is 20.8. The van der Waals surface area contributed by atoms with Gasteiger partial charge in [-0.15, -0.1) is 0 Å². The third-order valence-electron chi connectivity index (χ3n) is 6.52. The Morgan fingerprint density at radius 1 is 1.07 bits per heavy atom. The summed E-state index contributed by atoms with van der Waals surface area (Å²) in [5.41, 5.74) is 5.36. The molecule has 1 saturated carbocycles. The van der Waals surface area contributed by atoms with Crippen molar-refractivity contribution in [3.8, 4) is 0 Å². The molecule has 2 aliphatic carbocycles. The molecule has 1 heterocycles. The Hall–Kier alpha value is -2.36. The Balaban J connectivity index is 1.56. The number of Topliss-reactive ketones (excluding diaryl/α,β-unsaturated/α-hetero) is 1. The van der Waals surface area contributed by atoms with Crippen molar-refractivity contribution in [2.45, 2.75) is 83.7 Å². The molecule has 154 valence electrons. The highest BCUT2D eigenvalue weighted by Crippen LogP contribution is 2.36. The first kappa shape index (κ1) is 19.9. The predicted octanol–water partition coefficient (Wildman–Crippen LogP) is 5.63. The fourth-order valence-electron chi connectivity index (χ4n) is 4.75. The number of benzene rings is 1. The summed E-state index contributed by atoms with van der Waals surface area (Å²) in [6, 6.07) is 8.63. The van der Waals surface area contributed by atoms with E-state index in [1.54, 1.807) is 0 Å². The molecule has 1 N–H and O–H groups in total. The quantitative estimate of drug-likeness (QED) is 0.687. The van der Waals surface area contributed by atoms with Crippen LogP contribution in [0.15, 0.2) is 24.3 Å². The smallest absolute Gasteiger partial charge is 0.355 e. The third kappa shape index (κ3) is 3.90. The molecule has 0 spiro atoms. The van der Waals surface area contributed by atoms with Crippen LogP contribution in [0.2, 0.25) is 0 Å². The summed E-state index contributed by atoms with van der Waals surface area (Å²) in [7, 11) is 0. The summed E-state index contributed by atoms with van der Waals surface area (Å²) >= 11 is 0. The van der Waals surface area contributed by atoms with Gasteiger partial charge < -0.3 is 9.72 Å². The van der Waals surface area contributed by atoms with E-state index >= 15 is 0 Å². The van der Waals surface area contributed by atoms with Crippen molar-refractivity contribution in [2.24, 2.45) is 0 Å². The molecular formula is C25H31NO3. The van der Waals surface area contributed by atoms with E-state index in [2.05, 4.69) is 50.0 Å². The zero-order valence-corrected chi connectivity index (χ0v) is 17.9. The van der Waals surface area contributed by atoms with E-state index in [4.69, 9.17) is 4.74 Å². The second-order valence-electron chi connectivity index (χ2n) is 9.69. The number of H-pyrrole nitrogens is 1. The maximum absolute atomic E-state index is 12.9. The minimum atomic E-state index is -0.317. The number of aromatic amines is 1. The number of hydrogen-bond acceptors (Lipinski definition) is 3. The first-order chi connectivity index (χ1) is 13.7. The molecule has 1 aromatic carbocycles. The van der Waals surface area contributed by atoms with Crippen LogP contribution in [-0.2, 0) is 16.6 Å². The number of nitrogens with one attached hydrogen (secondary N) is 1. The second-order valence-corrected chi connectivity index (χ2v) is 9.69. The second kappa shape index (κ2) is 7.47. The van der Waals surface area contributed by atoms with Crippen LogP contribution in [-0.4, -0.2) is 22.8 Å². The van der Waals surface area contributed by atoms with Crippen LogP contribution in [0.3, 0.4) is 0 Å². The number of aromatic nitrogens is 1. The first-order valence-corrected chi connectivity index (χ1v) is 10.8. The van der Waals surface area contributed by atoms with Crippen LogP contribution in [0, 0.1) is 6.92 Å². The average Bonchev–Trinajstić information content (AvgIpc) is 3.29. The van der Waals surface area contributed by atoms with Crippen LogP contribution in [0.4, 0.5) is 0 Å². The standard InChI is InChI=1S/C25H31NO3/c1-15-22-20(26-23(15)24(28)29-19-7-5-6-8-19)13-17(14-21(22)27)16-9-11-18(12-10-16)25(2,3)4/h9-12,17,19,26H,5-8,13-14H2,1-4H3. The number of esters is 1. The molecule has 29 heavy (non-hydrogen) atoms. The molecule has 2 aromatic rings. The average molecular weight is 394 g/mol. The number of ketones is 1. The van der Waals surface area contributed by atoms with Crippen molar-refractivity contribution in [2.75, 3.05) is 0 Å². The van der Waals surface area contributed by atoms with Gasteiger partial charge in [0.25, 0.3) is 0 Å². The van der Waals surface area contributed by atoms with Gasteiger partial charge in [-0.2, -0.15) is 0 Å². The number of carbonyl (C=O) groups excluding carboxylic acids is 2. The van der Waals surface area contributed by atoms with Crippen LogP contribution in [0.5, 0.6) is 0 Å². The van der Waals surface area contributed by atoms with Crippen molar-refractivity contribution in [1.29, 1.82) is 0 Å². The number of ether oxygens (including phenoxy) is 1. The lowest BCUT2D eigenvalue weighted by Crippen LogP contribution is -2.19. The fraction of sp³-hybridized carbons (Fsp3) is 0.520. The Morgan fingerprint density at radius 2 is 1.72 bits per heavy atom. The van der Waals surface area contributed by atoms with Crippen molar-refractivity contribution >= 4 is 11.8 Å². The summed E-state index contributed by atoms with van der Waals surface area (Å²) in [6.07, 6.45) is 5.36. The molecule has 0 bridgehead atoms. The summed E-state index contributed by atoms with van der Waals surface area (Å²) in [4.78, 5) is 28.8. The highest BCUT2D eigenvalue weighted by Gasteiger charge is 2.33. The van der Waals surface area contributed by atoms with Crippen molar-refractivity contribution in [3.05, 3.63) is 57.9 Å². The highest BCUT2D eigenvalue weighted by atomic mass is 16.5. The summed E-state index contributed by atoms with van der Waals surface area (Å²) in [5, 5.41) is 0. The zero-order valence-electron chi connectivity index (χ0n) is 17.9. The van der Waals surface area contributed by atoms with E-state index in [-0.39, 0.29) is 29.2 Å². The van der Waals surface area contributed by atoms with Crippen molar-refractivity contribution in [1.82, 2.24) is 4.98 Å². The van der Waals surface area contributed by atoms with E-state index in [1.807, 2.05) is 6.92 Å². The molecule has 1 unspecified atom stereocenters. The molecule has 0 saturated heterocycles. The first-order valence-electron chi connectivity index (χ1n) is 10.8. The van der Waals surface area contributed by atoms with E-state index in [0.717, 1.165) is 43.4 Å². The van der Waals surface area contributed by atoms with Gasteiger partial charge in [0.15, 0.2) is 5.78 Å². The maximum Gasteiger partial charge on any atom is 0.355 e. The summed E-state index contributed by atoms with van der Waals surface area (Å²) < 4.78 is 5.67. The molecule has 4 heteroatoms. The number of rotatable bonds is 3. The predicted molar refractivity (Wildman–Crippen MR) is 114 cm³/mol. The van der Waals surface area contributed by atoms with E-state index in [1.165, 1.54) is 11.1 Å². The monoisotopic (exact) mass is 393 g/mol. The van der Waals surface area contributed by atoms with E-state index in [9.17, 15) is 9.59 Å². The molecule has 0 radical (unpaired) electrons. The van der Waals surface area contributed by atoms with Gasteiger partial charge in [-0.3, -0.25) is 4.79 Å². The van der Waals surface area contributed by atoms with E-state index < -0.39 is 0 Å². The van der Waals surface area contributed by atoms with Crippen molar-refractivity contribution < 1.29 is 14.3 Å². The van der Waals surface area contributed by atoms with Crippen LogP contribution in [0.25, 0.3) is 0 Å². The molecule has 0 amide bonds. The van der Waals surface area contributed by atoms with Gasteiger partial charge in [0.2, 0.25) is 0 Å². The lowest BCUT2D eigenvalue weighted by molar-refractivity contribution is 0.0310. The molecular weight excluding hydrogens is 362 g/mol. The molecule has 1 fully saturated rings. The van der Waals surface area contributed by atoms with E-state index in [0.29, 0.717) is 17.7 Å². The number of fused-ring (bicyclic) bond motifs is 1. The highest BCUT2D eigenvalue weighted by molar-refractivity contribution is 6.03. The van der Waals surface area contributed by atoms with Gasteiger partial charge >= 0.3 is 5.97 Å². The van der Waals surface area contributed by atoms with Crippen LogP contribution >= 0.6 is 0 Å². The summed E-state index contributed by atoms with van der Waals surface area (Å²) in [5.74, 6) is -0.0618. The summed E-state index contributed by atoms with van der Waals surface area (Å²) in [6.45, 7) is 8.46. The Bertz CT molecular complexity index is 924. The van der Waals surface area contributed by atoms with Gasteiger partial charge in [0.1, 0.15) is 11.8 Å². The fourth-order valence-corrected chi connectivity index (χ4v) is 4.75. The van der Waals surface area contributed by atoms with Crippen molar-refractivity contribution in [3.63, 3.8) is 0 Å². The molecule has 4 rings (SSSR count). The maximum atomic E-state index is 12.9. The lowest BCUT2D eigenvalue weighted by Gasteiger charge is -2.24. The Morgan fingerprint density at radius 3 is 2.34 bits per heavy atom. The normalized spacial score (nSPS) is 20.0. The molecule has 2 aliphatic rings. The van der Waals surface area contributed by atoms with Gasteiger partial charge in [-0.05, 0) is 67.1 Å². The molecule has 1 atom stereocenters. The molecule has 0 aliphatic heterocycles. The third-order valence-corrected chi connectivity index (χ3v) is 6.52. The Kier molecular flexibility index (Phi) is 5.14. The topological polar surface area (TPSA) is 59.2 Å². The Labute approximate surface area is 173 Å². The van der Waals surface area contributed by atoms with Gasteiger partial charge in [0, 0.05) is 17.7 Å². The SMILES string of the molecule is Cc1c(C(=O)OC2CCCC2)[nH]c2c1C(=O)CC(c1ccc(C(C)(C)C)cc1)C2. The number of carbonyl (C=O) groups is 2. The molecule has 1 aromatic heterocycles. The van der Waals surface area contributed by atoms with Crippen LogP contribution in [0.1, 0.15) is 102 Å². The number of hydrogen-bond donors (Lipinski definition) is 1. The van der Waals surface area contributed by atoms with Gasteiger partial charge in [-0.25, -0.2) is 4.79 Å².